The van der Waals surface area contributed by atoms with Crippen LogP contribution in [0.1, 0.15) is 32.0 Å². The summed E-state index contributed by atoms with van der Waals surface area (Å²) in [6.45, 7) is 2.17. The highest BCUT2D eigenvalue weighted by Gasteiger charge is 2.04. The van der Waals surface area contributed by atoms with Gasteiger partial charge in [0.1, 0.15) is 5.82 Å². The Morgan fingerprint density at radius 3 is 2.85 bits per heavy atom. The lowest BCUT2D eigenvalue weighted by atomic mass is 10.1. The molecule has 0 fully saturated rings. The molecular weight excluding hydrogens is 162 g/mol. The molecule has 1 aromatic rings. The summed E-state index contributed by atoms with van der Waals surface area (Å²) in [6.07, 6.45) is 8.12. The van der Waals surface area contributed by atoms with Crippen molar-refractivity contribution in [2.24, 2.45) is 12.8 Å². The van der Waals surface area contributed by atoms with Crippen molar-refractivity contribution in [3.05, 3.63) is 18.2 Å². The van der Waals surface area contributed by atoms with E-state index in [1.54, 1.807) is 0 Å². The summed E-state index contributed by atoms with van der Waals surface area (Å²) in [5.74, 6) is 1.13. The van der Waals surface area contributed by atoms with E-state index in [-0.39, 0.29) is 0 Å². The standard InChI is InChI=1S/C10H19N3/c1-3-4-9(11)5-6-10-12-7-8-13(10)2/h7-9H,3-6,11H2,1-2H3. The molecule has 0 aliphatic carbocycles. The van der Waals surface area contributed by atoms with Crippen LogP contribution < -0.4 is 5.73 Å². The van der Waals surface area contributed by atoms with Gasteiger partial charge in [0, 0.05) is 31.9 Å². The van der Waals surface area contributed by atoms with Gasteiger partial charge in [0.2, 0.25) is 0 Å². The van der Waals surface area contributed by atoms with Gasteiger partial charge in [0.05, 0.1) is 0 Å². The number of hydrogen-bond donors (Lipinski definition) is 1. The van der Waals surface area contributed by atoms with Crippen molar-refractivity contribution in [2.45, 2.75) is 38.6 Å². The van der Waals surface area contributed by atoms with Crippen molar-refractivity contribution in [1.82, 2.24) is 9.55 Å². The molecule has 0 saturated carbocycles. The number of rotatable bonds is 5. The van der Waals surface area contributed by atoms with Crippen molar-refractivity contribution < 1.29 is 0 Å². The third-order valence-corrected chi connectivity index (χ3v) is 2.32. The number of nitrogens with zero attached hydrogens (tertiary/aromatic N) is 2. The highest BCUT2D eigenvalue weighted by Crippen LogP contribution is 2.04. The summed E-state index contributed by atoms with van der Waals surface area (Å²) in [6, 6.07) is 0.335. The van der Waals surface area contributed by atoms with Crippen LogP contribution in [0.5, 0.6) is 0 Å². The van der Waals surface area contributed by atoms with Crippen LogP contribution in [0.25, 0.3) is 0 Å². The van der Waals surface area contributed by atoms with Crippen LogP contribution in [0.2, 0.25) is 0 Å². The van der Waals surface area contributed by atoms with Gasteiger partial charge in [0.15, 0.2) is 0 Å². The number of nitrogens with two attached hydrogens (primary N) is 1. The van der Waals surface area contributed by atoms with Gasteiger partial charge in [-0.2, -0.15) is 0 Å². The Morgan fingerprint density at radius 2 is 2.31 bits per heavy atom. The van der Waals surface area contributed by atoms with Crippen molar-refractivity contribution in [1.29, 1.82) is 0 Å². The average Bonchev–Trinajstić information content (AvgIpc) is 2.48. The van der Waals surface area contributed by atoms with E-state index < -0.39 is 0 Å². The predicted octanol–water partition coefficient (Wildman–Crippen LogP) is 1.48. The second-order valence-corrected chi connectivity index (χ2v) is 3.54. The van der Waals surface area contributed by atoms with Gasteiger partial charge < -0.3 is 10.3 Å². The maximum atomic E-state index is 5.91. The minimum absolute atomic E-state index is 0.335. The molecule has 2 N–H and O–H groups in total. The van der Waals surface area contributed by atoms with Crippen LogP contribution >= 0.6 is 0 Å². The zero-order valence-corrected chi connectivity index (χ0v) is 8.53. The molecule has 0 radical (unpaired) electrons. The van der Waals surface area contributed by atoms with Gasteiger partial charge in [-0.1, -0.05) is 13.3 Å². The smallest absolute Gasteiger partial charge is 0.108 e. The predicted molar refractivity (Wildman–Crippen MR) is 54.4 cm³/mol. The molecule has 1 unspecified atom stereocenters. The lowest BCUT2D eigenvalue weighted by Gasteiger charge is -2.09. The first-order valence-corrected chi connectivity index (χ1v) is 4.95. The summed E-state index contributed by atoms with van der Waals surface area (Å²) >= 11 is 0. The fraction of sp³-hybridized carbons (Fsp3) is 0.700. The second-order valence-electron chi connectivity index (χ2n) is 3.54. The van der Waals surface area contributed by atoms with E-state index in [0.29, 0.717) is 6.04 Å². The molecule has 0 aromatic carbocycles. The normalized spacial score (nSPS) is 13.2. The third kappa shape index (κ3) is 3.19. The topological polar surface area (TPSA) is 43.8 Å². The molecule has 0 aliphatic rings. The van der Waals surface area contributed by atoms with Crippen molar-refractivity contribution >= 4 is 0 Å². The molecule has 0 saturated heterocycles. The molecule has 0 amide bonds. The van der Waals surface area contributed by atoms with Crippen LogP contribution in [0, 0.1) is 0 Å². The van der Waals surface area contributed by atoms with Gasteiger partial charge >= 0.3 is 0 Å². The van der Waals surface area contributed by atoms with Crippen LogP contribution in [0.15, 0.2) is 12.4 Å². The van der Waals surface area contributed by atoms with Crippen LogP contribution in [0.3, 0.4) is 0 Å². The van der Waals surface area contributed by atoms with Crippen LogP contribution in [-0.2, 0) is 13.5 Å². The number of hydrogen-bond acceptors (Lipinski definition) is 2. The Labute approximate surface area is 80.0 Å². The zero-order chi connectivity index (χ0) is 9.68. The third-order valence-electron chi connectivity index (χ3n) is 2.32. The number of aryl methyl sites for hydroxylation is 2. The summed E-state index contributed by atoms with van der Waals surface area (Å²) < 4.78 is 2.05. The maximum Gasteiger partial charge on any atom is 0.108 e. The maximum absolute atomic E-state index is 5.91. The summed E-state index contributed by atoms with van der Waals surface area (Å²) in [5, 5.41) is 0. The van der Waals surface area contributed by atoms with Crippen molar-refractivity contribution in [2.75, 3.05) is 0 Å². The SMILES string of the molecule is CCCC(N)CCc1nccn1C. The van der Waals surface area contributed by atoms with Gasteiger partial charge in [-0.05, 0) is 12.8 Å². The molecule has 74 valence electrons. The Kier molecular flexibility index (Phi) is 3.96. The van der Waals surface area contributed by atoms with E-state index in [4.69, 9.17) is 5.73 Å². The first-order valence-electron chi connectivity index (χ1n) is 4.95. The van der Waals surface area contributed by atoms with Crippen molar-refractivity contribution in [3.8, 4) is 0 Å². The van der Waals surface area contributed by atoms with Gasteiger partial charge in [-0.25, -0.2) is 4.98 Å². The first-order chi connectivity index (χ1) is 6.24. The van der Waals surface area contributed by atoms with E-state index in [0.717, 1.165) is 25.1 Å². The molecule has 1 rings (SSSR count). The Morgan fingerprint density at radius 1 is 1.54 bits per heavy atom. The minimum Gasteiger partial charge on any atom is -0.338 e. The lowest BCUT2D eigenvalue weighted by Crippen LogP contribution is -2.20. The Hall–Kier alpha value is -0.830. The monoisotopic (exact) mass is 181 g/mol. The molecule has 3 nitrogen and oxygen atoms in total. The molecular formula is C10H19N3. The van der Waals surface area contributed by atoms with E-state index in [9.17, 15) is 0 Å². The molecule has 13 heavy (non-hydrogen) atoms. The Bertz CT molecular complexity index is 242. The molecule has 1 atom stereocenters. The fourth-order valence-electron chi connectivity index (χ4n) is 1.47. The minimum atomic E-state index is 0.335. The van der Waals surface area contributed by atoms with Gasteiger partial charge in [-0.15, -0.1) is 0 Å². The van der Waals surface area contributed by atoms with Crippen LogP contribution in [0.4, 0.5) is 0 Å². The van der Waals surface area contributed by atoms with E-state index in [2.05, 4.69) is 16.5 Å². The number of imidazole rings is 1. The average molecular weight is 181 g/mol. The molecule has 3 heteroatoms. The quantitative estimate of drug-likeness (QED) is 0.747. The highest BCUT2D eigenvalue weighted by molar-refractivity contribution is 4.91. The lowest BCUT2D eigenvalue weighted by molar-refractivity contribution is 0.548. The molecule has 0 aliphatic heterocycles. The molecule has 1 heterocycles. The van der Waals surface area contributed by atoms with Gasteiger partial charge in [0.25, 0.3) is 0 Å². The Balaban J connectivity index is 2.30. The molecule has 1 aromatic heterocycles. The van der Waals surface area contributed by atoms with Gasteiger partial charge in [-0.3, -0.25) is 0 Å². The largest absolute Gasteiger partial charge is 0.338 e. The van der Waals surface area contributed by atoms with Crippen molar-refractivity contribution in [3.63, 3.8) is 0 Å². The first kappa shape index (κ1) is 10.3. The molecule has 0 spiro atoms. The van der Waals surface area contributed by atoms with E-state index in [1.165, 1.54) is 6.42 Å². The molecule has 0 bridgehead atoms. The summed E-state index contributed by atoms with van der Waals surface area (Å²) in [5.41, 5.74) is 5.91. The second kappa shape index (κ2) is 5.02. The zero-order valence-electron chi connectivity index (χ0n) is 8.53. The summed E-state index contributed by atoms with van der Waals surface area (Å²) in [4.78, 5) is 4.26. The summed E-state index contributed by atoms with van der Waals surface area (Å²) in [7, 11) is 2.02. The van der Waals surface area contributed by atoms with Crippen LogP contribution in [-0.4, -0.2) is 15.6 Å². The fourth-order valence-corrected chi connectivity index (χ4v) is 1.47. The van der Waals surface area contributed by atoms with E-state index in [1.807, 2.05) is 19.4 Å². The highest BCUT2D eigenvalue weighted by atomic mass is 15.0. The van der Waals surface area contributed by atoms with E-state index >= 15 is 0 Å². The number of aromatic nitrogens is 2.